The van der Waals surface area contributed by atoms with E-state index in [1.807, 2.05) is 13.8 Å². The van der Waals surface area contributed by atoms with Gasteiger partial charge in [0.1, 0.15) is 11.6 Å². The quantitative estimate of drug-likeness (QED) is 0.804. The van der Waals surface area contributed by atoms with Crippen molar-refractivity contribution in [2.75, 3.05) is 39.5 Å². The van der Waals surface area contributed by atoms with E-state index in [2.05, 4.69) is 33.9 Å². The highest BCUT2D eigenvalue weighted by molar-refractivity contribution is 5.40. The molecule has 0 aromatic carbocycles. The summed E-state index contributed by atoms with van der Waals surface area (Å²) in [5.74, 6) is 1.46. The van der Waals surface area contributed by atoms with Crippen molar-refractivity contribution in [3.05, 3.63) is 17.1 Å². The minimum atomic E-state index is 0.235. The van der Waals surface area contributed by atoms with Gasteiger partial charge in [0.15, 0.2) is 0 Å². The van der Waals surface area contributed by atoms with Crippen molar-refractivity contribution in [3.8, 4) is 0 Å². The van der Waals surface area contributed by atoms with E-state index in [4.69, 9.17) is 5.73 Å². The first-order valence-electron chi connectivity index (χ1n) is 6.48. The van der Waals surface area contributed by atoms with E-state index in [0.717, 1.165) is 36.7 Å². The van der Waals surface area contributed by atoms with E-state index in [-0.39, 0.29) is 6.04 Å². The Bertz CT molecular complexity index is 408. The minimum Gasteiger partial charge on any atom is -0.383 e. The van der Waals surface area contributed by atoms with Gasteiger partial charge in [-0.1, -0.05) is 0 Å². The molecule has 2 heterocycles. The number of hydrogen-bond acceptors (Lipinski definition) is 5. The van der Waals surface area contributed by atoms with Crippen molar-refractivity contribution < 1.29 is 0 Å². The number of nitrogens with zero attached hydrogens (tertiary/aromatic N) is 4. The minimum absolute atomic E-state index is 0.235. The Morgan fingerprint density at radius 2 is 1.89 bits per heavy atom. The number of rotatable bonds is 1. The lowest BCUT2D eigenvalue weighted by atomic mass is 10.2. The molecule has 18 heavy (non-hydrogen) atoms. The van der Waals surface area contributed by atoms with Gasteiger partial charge in [0.05, 0.1) is 6.04 Å². The Hall–Kier alpha value is -1.20. The normalized spacial score (nSPS) is 23.0. The van der Waals surface area contributed by atoms with Gasteiger partial charge in [-0.2, -0.15) is 0 Å². The Kier molecular flexibility index (Phi) is 3.82. The molecule has 1 atom stereocenters. The van der Waals surface area contributed by atoms with Crippen LogP contribution in [0.15, 0.2) is 0 Å². The van der Waals surface area contributed by atoms with Crippen LogP contribution in [0.4, 0.5) is 5.82 Å². The third-order valence-corrected chi connectivity index (χ3v) is 3.81. The lowest BCUT2D eigenvalue weighted by molar-refractivity contribution is 0.219. The summed E-state index contributed by atoms with van der Waals surface area (Å²) in [4.78, 5) is 13.8. The van der Waals surface area contributed by atoms with Crippen LogP contribution in [-0.4, -0.2) is 53.5 Å². The van der Waals surface area contributed by atoms with Crippen LogP contribution in [0.5, 0.6) is 0 Å². The Labute approximate surface area is 109 Å². The van der Waals surface area contributed by atoms with E-state index in [0.29, 0.717) is 5.82 Å². The molecule has 0 aliphatic carbocycles. The van der Waals surface area contributed by atoms with E-state index in [1.165, 1.54) is 6.42 Å². The van der Waals surface area contributed by atoms with Crippen molar-refractivity contribution in [3.63, 3.8) is 0 Å². The number of aromatic nitrogens is 2. The molecule has 5 nitrogen and oxygen atoms in total. The summed E-state index contributed by atoms with van der Waals surface area (Å²) in [6.45, 7) is 7.12. The predicted octanol–water partition coefficient (Wildman–Crippen LogP) is 0.984. The molecule has 1 unspecified atom stereocenters. The summed E-state index contributed by atoms with van der Waals surface area (Å²) in [6, 6.07) is 0.235. The zero-order chi connectivity index (χ0) is 13.3. The first-order valence-corrected chi connectivity index (χ1v) is 6.48. The van der Waals surface area contributed by atoms with Gasteiger partial charge in [0.25, 0.3) is 0 Å². The number of hydrogen-bond donors (Lipinski definition) is 1. The highest BCUT2D eigenvalue weighted by Crippen LogP contribution is 2.22. The smallest absolute Gasteiger partial charge is 0.149 e. The summed E-state index contributed by atoms with van der Waals surface area (Å²) in [7, 11) is 4.29. The summed E-state index contributed by atoms with van der Waals surface area (Å²) < 4.78 is 0. The lowest BCUT2D eigenvalue weighted by Gasteiger charge is -2.26. The molecule has 0 saturated carbocycles. The second kappa shape index (κ2) is 5.20. The van der Waals surface area contributed by atoms with Crippen LogP contribution in [0.3, 0.4) is 0 Å². The van der Waals surface area contributed by atoms with E-state index < -0.39 is 0 Å². The van der Waals surface area contributed by atoms with E-state index in [1.54, 1.807) is 0 Å². The van der Waals surface area contributed by atoms with Crippen LogP contribution in [0, 0.1) is 13.8 Å². The monoisotopic (exact) mass is 249 g/mol. The molecule has 1 aromatic heterocycles. The molecular formula is C13H23N5. The van der Waals surface area contributed by atoms with Crippen molar-refractivity contribution in [1.29, 1.82) is 0 Å². The van der Waals surface area contributed by atoms with Gasteiger partial charge in [-0.15, -0.1) is 0 Å². The third-order valence-electron chi connectivity index (χ3n) is 3.81. The molecule has 1 aromatic rings. The number of likely N-dealkylation sites (N-methyl/N-ethyl adjacent to an activating group) is 2. The molecule has 1 aliphatic rings. The highest BCUT2D eigenvalue weighted by atomic mass is 15.2. The number of nitrogens with two attached hydrogens (primary N) is 1. The summed E-state index contributed by atoms with van der Waals surface area (Å²) in [5, 5.41) is 0. The largest absolute Gasteiger partial charge is 0.383 e. The Morgan fingerprint density at radius 1 is 1.17 bits per heavy atom. The molecular weight excluding hydrogens is 226 g/mol. The van der Waals surface area contributed by atoms with Gasteiger partial charge in [-0.05, 0) is 47.5 Å². The topological polar surface area (TPSA) is 58.3 Å². The van der Waals surface area contributed by atoms with Gasteiger partial charge in [0.2, 0.25) is 0 Å². The van der Waals surface area contributed by atoms with Crippen molar-refractivity contribution in [1.82, 2.24) is 19.8 Å². The average molecular weight is 249 g/mol. The molecule has 1 aliphatic heterocycles. The SMILES string of the molecule is Cc1nc(C2CN(C)CCCN2C)nc(N)c1C. The van der Waals surface area contributed by atoms with E-state index >= 15 is 0 Å². The van der Waals surface area contributed by atoms with Crippen molar-refractivity contribution in [2.24, 2.45) is 0 Å². The third kappa shape index (κ3) is 2.62. The molecule has 0 spiro atoms. The Morgan fingerprint density at radius 3 is 2.56 bits per heavy atom. The first-order chi connectivity index (χ1) is 8.49. The second-order valence-electron chi connectivity index (χ2n) is 5.29. The fraction of sp³-hybridized carbons (Fsp3) is 0.692. The molecule has 0 amide bonds. The number of aryl methyl sites for hydroxylation is 1. The summed E-state index contributed by atoms with van der Waals surface area (Å²) in [5.41, 5.74) is 7.94. The maximum absolute atomic E-state index is 5.96. The van der Waals surface area contributed by atoms with Crippen LogP contribution >= 0.6 is 0 Å². The van der Waals surface area contributed by atoms with Gasteiger partial charge in [-0.25, -0.2) is 9.97 Å². The fourth-order valence-corrected chi connectivity index (χ4v) is 2.37. The maximum Gasteiger partial charge on any atom is 0.149 e. The lowest BCUT2D eigenvalue weighted by Crippen LogP contribution is -2.32. The average Bonchev–Trinajstić information content (AvgIpc) is 2.47. The van der Waals surface area contributed by atoms with Gasteiger partial charge in [0, 0.05) is 17.8 Å². The molecule has 1 saturated heterocycles. The summed E-state index contributed by atoms with van der Waals surface area (Å²) >= 11 is 0. The molecule has 2 rings (SSSR count). The molecule has 5 heteroatoms. The number of anilines is 1. The molecule has 0 radical (unpaired) electrons. The molecule has 100 valence electrons. The molecule has 0 bridgehead atoms. The van der Waals surface area contributed by atoms with Gasteiger partial charge < -0.3 is 10.6 Å². The van der Waals surface area contributed by atoms with Crippen LogP contribution in [0.25, 0.3) is 0 Å². The van der Waals surface area contributed by atoms with Crippen LogP contribution in [0.1, 0.15) is 29.5 Å². The van der Waals surface area contributed by atoms with Gasteiger partial charge in [-0.3, -0.25) is 4.90 Å². The van der Waals surface area contributed by atoms with Crippen LogP contribution in [-0.2, 0) is 0 Å². The number of nitrogen functional groups attached to an aromatic ring is 1. The zero-order valence-corrected chi connectivity index (χ0v) is 11.8. The second-order valence-corrected chi connectivity index (χ2v) is 5.29. The maximum atomic E-state index is 5.96. The fourth-order valence-electron chi connectivity index (χ4n) is 2.37. The van der Waals surface area contributed by atoms with Gasteiger partial charge >= 0.3 is 0 Å². The highest BCUT2D eigenvalue weighted by Gasteiger charge is 2.25. The Balaban J connectivity index is 2.33. The standard InChI is InChI=1S/C13H23N5/c1-9-10(2)15-13(16-12(9)14)11-8-17(3)6-5-7-18(11)4/h11H,5-8H2,1-4H3,(H2,14,15,16). The van der Waals surface area contributed by atoms with E-state index in [9.17, 15) is 0 Å². The first kappa shape index (κ1) is 13.2. The van der Waals surface area contributed by atoms with Crippen LogP contribution in [0.2, 0.25) is 0 Å². The molecule has 1 fully saturated rings. The zero-order valence-electron chi connectivity index (χ0n) is 11.8. The van der Waals surface area contributed by atoms with Crippen molar-refractivity contribution in [2.45, 2.75) is 26.3 Å². The predicted molar refractivity (Wildman–Crippen MR) is 73.4 cm³/mol. The summed E-state index contributed by atoms with van der Waals surface area (Å²) in [6.07, 6.45) is 1.18. The molecule has 2 N–H and O–H groups in total. The van der Waals surface area contributed by atoms with Crippen LogP contribution < -0.4 is 5.73 Å². The van der Waals surface area contributed by atoms with Crippen molar-refractivity contribution >= 4 is 5.82 Å².